The largest absolute Gasteiger partial charge is 0.451 e. The van der Waals surface area contributed by atoms with Crippen molar-refractivity contribution >= 4 is 29.9 Å². The number of rotatable bonds is 15. The average Bonchev–Trinajstić information content (AvgIpc) is 3.04. The van der Waals surface area contributed by atoms with Crippen LogP contribution in [0.5, 0.6) is 0 Å². The second kappa shape index (κ2) is 16.5. The fourth-order valence-corrected chi connectivity index (χ4v) is 4.81. The Morgan fingerprint density at radius 1 is 0.818 bits per heavy atom. The lowest BCUT2D eigenvalue weighted by Gasteiger charge is -2.37. The average molecular weight is 630 g/mol. The van der Waals surface area contributed by atoms with Gasteiger partial charge in [-0.25, -0.2) is 0 Å². The molecule has 3 aromatic rings. The van der Waals surface area contributed by atoms with Crippen molar-refractivity contribution in [2.75, 3.05) is 6.61 Å². The van der Waals surface area contributed by atoms with Crippen molar-refractivity contribution in [2.45, 2.75) is 55.4 Å². The summed E-state index contributed by atoms with van der Waals surface area (Å²) in [5.41, 5.74) is 16.2. The molecule has 0 fully saturated rings. The van der Waals surface area contributed by atoms with E-state index in [1.165, 1.54) is 12.1 Å². The van der Waals surface area contributed by atoms with Gasteiger partial charge in [0.25, 0.3) is 0 Å². The van der Waals surface area contributed by atoms with E-state index >= 15 is 0 Å². The Balaban J connectivity index is 0.00000675. The maximum absolute atomic E-state index is 13.8. The lowest BCUT2D eigenvalue weighted by molar-refractivity contribution is -0.173. The maximum atomic E-state index is 13.8. The van der Waals surface area contributed by atoms with Gasteiger partial charge in [0.05, 0.1) is 30.6 Å². The molecule has 3 rings (SSSR count). The molecule has 0 amide bonds. The van der Waals surface area contributed by atoms with Gasteiger partial charge >= 0.3 is 5.97 Å². The van der Waals surface area contributed by atoms with Gasteiger partial charge in [-0.3, -0.25) is 20.1 Å². The van der Waals surface area contributed by atoms with Crippen LogP contribution in [0, 0.1) is 5.92 Å². The number of nitrogens with two attached hydrogens (primary N) is 3. The summed E-state index contributed by atoms with van der Waals surface area (Å²) in [7, 11) is 0. The molecule has 12 heteroatoms. The fourth-order valence-electron chi connectivity index (χ4n) is 4.81. The lowest BCUT2D eigenvalue weighted by atomic mass is 9.78. The first kappa shape index (κ1) is 36.7. The first-order chi connectivity index (χ1) is 20.4. The summed E-state index contributed by atoms with van der Waals surface area (Å²) in [5.74, 6) is -6.44. The summed E-state index contributed by atoms with van der Waals surface area (Å²) in [6.45, 7) is 0.664. The number of ether oxygens (including phenoxy) is 1. The first-order valence-electron chi connectivity index (χ1n) is 13.9. The zero-order valence-electron chi connectivity index (χ0n) is 24.2. The summed E-state index contributed by atoms with van der Waals surface area (Å²) in [6, 6.07) is 22.7. The normalized spacial score (nSPS) is 16.8. The van der Waals surface area contributed by atoms with Crippen LogP contribution in [0.3, 0.4) is 0 Å². The van der Waals surface area contributed by atoms with Gasteiger partial charge in [-0.05, 0) is 23.1 Å². The molecule has 0 aliphatic heterocycles. The number of hydrogen-bond acceptors (Lipinski definition) is 11. The molecule has 7 atom stereocenters. The highest BCUT2D eigenvalue weighted by Gasteiger charge is 2.51. The first-order valence-corrected chi connectivity index (χ1v) is 13.9. The highest BCUT2D eigenvalue weighted by molar-refractivity contribution is 5.98. The van der Waals surface area contributed by atoms with Crippen LogP contribution in [0.4, 0.5) is 0 Å². The molecule has 44 heavy (non-hydrogen) atoms. The zero-order chi connectivity index (χ0) is 31.7. The molecule has 0 spiro atoms. The summed E-state index contributed by atoms with van der Waals surface area (Å²) < 4.78 is 5.84. The molecule has 0 radical (unpaired) electrons. The zero-order valence-corrected chi connectivity index (χ0v) is 25.0. The van der Waals surface area contributed by atoms with Crippen molar-refractivity contribution in [1.29, 1.82) is 0 Å². The number of benzene rings is 3. The van der Waals surface area contributed by atoms with E-state index in [9.17, 15) is 34.8 Å². The number of aliphatic hydroxyl groups is 4. The topological polar surface area (TPSA) is 219 Å². The molecule has 238 valence electrons. The van der Waals surface area contributed by atoms with Crippen LogP contribution in [-0.4, -0.2) is 74.6 Å². The third-order valence-corrected chi connectivity index (χ3v) is 7.46. The summed E-state index contributed by atoms with van der Waals surface area (Å²) in [6.07, 6.45) is -5.38. The molecule has 0 aliphatic carbocycles. The van der Waals surface area contributed by atoms with Crippen molar-refractivity contribution in [2.24, 2.45) is 23.1 Å². The van der Waals surface area contributed by atoms with E-state index in [2.05, 4.69) is 0 Å². The van der Waals surface area contributed by atoms with E-state index in [1.54, 1.807) is 85.8 Å². The van der Waals surface area contributed by atoms with Crippen LogP contribution < -0.4 is 17.2 Å². The van der Waals surface area contributed by atoms with Crippen molar-refractivity contribution in [1.82, 2.24) is 0 Å². The molecule has 3 aromatic carbocycles. The van der Waals surface area contributed by atoms with Gasteiger partial charge < -0.3 is 36.6 Å². The van der Waals surface area contributed by atoms with Gasteiger partial charge in [-0.15, -0.1) is 12.4 Å². The SMILES string of the molecule is CCC(N)C(=O)[C@@H](CO)[C@@H](O)[C@@H](O)[C@](N)(O)C(=O)C(c1ccccc1)C(N)C(=O)OC(c1ccccc1)c1ccccc1.Cl. The van der Waals surface area contributed by atoms with Gasteiger partial charge in [0, 0.05) is 0 Å². The number of hydrogen-bond donors (Lipinski definition) is 7. The number of halogens is 1. The third kappa shape index (κ3) is 8.35. The molecular weight excluding hydrogens is 590 g/mol. The molecule has 0 saturated carbocycles. The van der Waals surface area contributed by atoms with Gasteiger partial charge in [0.1, 0.15) is 12.1 Å². The van der Waals surface area contributed by atoms with Crippen molar-refractivity contribution < 1.29 is 39.5 Å². The Kier molecular flexibility index (Phi) is 13.8. The predicted molar refractivity (Wildman–Crippen MR) is 165 cm³/mol. The molecular formula is C32H40ClN3O8. The molecule has 0 aliphatic rings. The number of carbonyl (C=O) groups excluding carboxylic acids is 3. The highest BCUT2D eigenvalue weighted by atomic mass is 35.5. The van der Waals surface area contributed by atoms with Crippen LogP contribution in [0.1, 0.15) is 42.1 Å². The molecule has 0 aromatic heterocycles. The van der Waals surface area contributed by atoms with Crippen molar-refractivity contribution in [3.8, 4) is 0 Å². The standard InChI is InChI=1S/C32H39N3O8.ClH/c1-2-23(33)26(37)22(18-36)27(38)30(40)32(35,42)29(39)24(19-12-6-3-7-13-19)25(34)31(41)43-28(20-14-8-4-9-15-20)21-16-10-5-11-17-21;/h3-17,22-25,27-28,30,36,38,40,42H,2,18,33-35H2,1H3;1H/t22-,23?,24?,25?,27-,30-,32-;/m1./s1. The molecule has 10 N–H and O–H groups in total. The van der Waals surface area contributed by atoms with Gasteiger partial charge in [-0.1, -0.05) is 97.9 Å². The Labute approximate surface area is 262 Å². The number of aliphatic hydroxyl groups excluding tert-OH is 3. The second-order valence-corrected chi connectivity index (χ2v) is 10.4. The second-order valence-electron chi connectivity index (χ2n) is 10.4. The van der Waals surface area contributed by atoms with Crippen LogP contribution in [0.15, 0.2) is 91.0 Å². The third-order valence-electron chi connectivity index (χ3n) is 7.46. The number of Topliss-reactive ketones (excluding diaryl/α,β-unsaturated/α-hetero) is 2. The molecule has 0 heterocycles. The highest BCUT2D eigenvalue weighted by Crippen LogP contribution is 2.31. The summed E-state index contributed by atoms with van der Waals surface area (Å²) >= 11 is 0. The van der Waals surface area contributed by atoms with Gasteiger partial charge in [0.15, 0.2) is 17.7 Å². The number of carbonyl (C=O) groups is 3. The van der Waals surface area contributed by atoms with E-state index in [1.807, 2.05) is 0 Å². The maximum Gasteiger partial charge on any atom is 0.324 e. The Bertz CT molecular complexity index is 1310. The lowest BCUT2D eigenvalue weighted by Crippen LogP contribution is -2.66. The van der Waals surface area contributed by atoms with Crippen molar-refractivity contribution in [3.63, 3.8) is 0 Å². The van der Waals surface area contributed by atoms with Crippen LogP contribution in [0.2, 0.25) is 0 Å². The van der Waals surface area contributed by atoms with Crippen LogP contribution in [0.25, 0.3) is 0 Å². The van der Waals surface area contributed by atoms with E-state index in [0.717, 1.165) is 0 Å². The molecule has 3 unspecified atom stereocenters. The monoisotopic (exact) mass is 629 g/mol. The smallest absolute Gasteiger partial charge is 0.324 e. The minimum absolute atomic E-state index is 0. The van der Waals surface area contributed by atoms with E-state index < -0.39 is 72.1 Å². The molecule has 0 saturated heterocycles. The minimum Gasteiger partial charge on any atom is -0.451 e. The van der Waals surface area contributed by atoms with E-state index in [0.29, 0.717) is 11.1 Å². The Morgan fingerprint density at radius 2 is 1.25 bits per heavy atom. The van der Waals surface area contributed by atoms with Crippen LogP contribution in [-0.2, 0) is 19.1 Å². The van der Waals surface area contributed by atoms with Crippen LogP contribution >= 0.6 is 12.4 Å². The number of esters is 1. The Hall–Kier alpha value is -3.52. The summed E-state index contributed by atoms with van der Waals surface area (Å²) in [4.78, 5) is 40.0. The predicted octanol–water partition coefficient (Wildman–Crippen LogP) is 0.705. The number of ketones is 2. The molecule has 0 bridgehead atoms. The minimum atomic E-state index is -3.22. The van der Waals surface area contributed by atoms with Crippen molar-refractivity contribution in [3.05, 3.63) is 108 Å². The van der Waals surface area contributed by atoms with E-state index in [-0.39, 0.29) is 24.4 Å². The summed E-state index contributed by atoms with van der Waals surface area (Å²) in [5, 5.41) is 42.5. The van der Waals surface area contributed by atoms with Gasteiger partial charge in [0.2, 0.25) is 5.72 Å². The van der Waals surface area contributed by atoms with E-state index in [4.69, 9.17) is 21.9 Å². The Morgan fingerprint density at radius 3 is 1.66 bits per heavy atom. The quantitative estimate of drug-likeness (QED) is 0.0916. The van der Waals surface area contributed by atoms with Gasteiger partial charge in [-0.2, -0.15) is 0 Å². The fraction of sp³-hybridized carbons (Fsp3) is 0.344. The molecule has 11 nitrogen and oxygen atoms in total.